The van der Waals surface area contributed by atoms with Crippen LogP contribution in [0.15, 0.2) is 71.1 Å². The van der Waals surface area contributed by atoms with Gasteiger partial charge in [-0.3, -0.25) is 14.8 Å². The van der Waals surface area contributed by atoms with E-state index in [-0.39, 0.29) is 23.8 Å². The Morgan fingerprint density at radius 2 is 1.91 bits per heavy atom. The lowest BCUT2D eigenvalue weighted by Gasteiger charge is -2.32. The maximum absolute atomic E-state index is 14.7. The van der Waals surface area contributed by atoms with Crippen molar-refractivity contribution in [2.24, 2.45) is 0 Å². The molecule has 0 spiro atoms. The Bertz CT molecular complexity index is 2630. The number of benzene rings is 3. The minimum absolute atomic E-state index is 0.143. The number of hydrogen-bond acceptors (Lipinski definition) is 9. The first kappa shape index (κ1) is 34.7. The number of aryl methyl sites for hydroxylation is 2. The van der Waals surface area contributed by atoms with E-state index in [0.29, 0.717) is 52.8 Å². The molecular formula is C42H39FN8O4. The van der Waals surface area contributed by atoms with E-state index in [1.54, 1.807) is 19.1 Å². The van der Waals surface area contributed by atoms with E-state index in [4.69, 9.17) is 23.9 Å². The molecule has 0 saturated carbocycles. The number of amides is 1. The highest BCUT2D eigenvalue weighted by molar-refractivity contribution is 6.07. The summed E-state index contributed by atoms with van der Waals surface area (Å²) >= 11 is 0. The van der Waals surface area contributed by atoms with Crippen LogP contribution >= 0.6 is 0 Å². The van der Waals surface area contributed by atoms with Crippen LogP contribution in [0, 0.1) is 31.0 Å². The van der Waals surface area contributed by atoms with Crippen molar-refractivity contribution < 1.29 is 23.1 Å². The Hall–Kier alpha value is -6.10. The number of pyridine rings is 1. The predicted octanol–water partition coefficient (Wildman–Crippen LogP) is 7.68. The van der Waals surface area contributed by atoms with Crippen molar-refractivity contribution >= 4 is 44.5 Å². The van der Waals surface area contributed by atoms with Crippen molar-refractivity contribution in [3.63, 3.8) is 0 Å². The normalized spacial score (nSPS) is 16.4. The molecule has 7 aromatic rings. The lowest BCUT2D eigenvalue weighted by molar-refractivity contribution is -0.0592. The molecule has 2 fully saturated rings. The van der Waals surface area contributed by atoms with Gasteiger partial charge in [0.05, 0.1) is 41.9 Å². The molecule has 278 valence electrons. The van der Waals surface area contributed by atoms with Crippen LogP contribution in [0.2, 0.25) is 0 Å². The molecular weight excluding hydrogens is 700 g/mol. The number of aromatic nitrogens is 5. The number of H-pyrrole nitrogens is 1. The number of nitrogens with zero attached hydrogens (tertiary/aromatic N) is 6. The largest absolute Gasteiger partial charge is 0.473 e. The number of furan rings is 1. The molecule has 1 atom stereocenters. The smallest absolute Gasteiger partial charge is 0.255 e. The molecule has 2 saturated heterocycles. The van der Waals surface area contributed by atoms with E-state index in [1.807, 2.05) is 49.4 Å². The first-order valence-corrected chi connectivity index (χ1v) is 18.6. The fourth-order valence-electron chi connectivity index (χ4n) is 7.74. The maximum atomic E-state index is 14.7. The molecule has 3 aromatic carbocycles. The summed E-state index contributed by atoms with van der Waals surface area (Å²) in [5, 5.41) is 20.6. The van der Waals surface area contributed by atoms with Crippen LogP contribution in [-0.4, -0.2) is 61.3 Å². The summed E-state index contributed by atoms with van der Waals surface area (Å²) in [7, 11) is 0. The quantitative estimate of drug-likeness (QED) is 0.144. The fourth-order valence-corrected chi connectivity index (χ4v) is 7.74. The topological polar surface area (TPSA) is 147 Å². The number of fused-ring (bicyclic) bond motifs is 3. The van der Waals surface area contributed by atoms with Crippen molar-refractivity contribution in [3.8, 4) is 11.9 Å². The molecule has 0 aliphatic carbocycles. The summed E-state index contributed by atoms with van der Waals surface area (Å²) in [6.45, 7) is 7.89. The SMILES string of the molecule is Cc1cc2c(C#N)ccc(COc3cccc(C4CCN(Cc5nc6cc(NC(=O)c7cc(F)c8n[nH]c(C)c8c7)ccc6n5C[C@@H]5CCO5)CC4)n3)c2o1. The van der Waals surface area contributed by atoms with E-state index < -0.39 is 11.7 Å². The van der Waals surface area contributed by atoms with Crippen LogP contribution in [0.25, 0.3) is 32.9 Å². The summed E-state index contributed by atoms with van der Waals surface area (Å²) in [6, 6.07) is 22.3. The highest BCUT2D eigenvalue weighted by Gasteiger charge is 2.26. The number of carbonyl (C=O) groups is 1. The average molecular weight is 739 g/mol. The Morgan fingerprint density at radius 1 is 1.05 bits per heavy atom. The van der Waals surface area contributed by atoms with Gasteiger partial charge in [0.15, 0.2) is 5.82 Å². The number of rotatable bonds is 10. The van der Waals surface area contributed by atoms with Crippen LogP contribution in [0.1, 0.15) is 69.6 Å². The van der Waals surface area contributed by atoms with E-state index in [0.717, 1.165) is 78.2 Å². The van der Waals surface area contributed by atoms with Crippen LogP contribution < -0.4 is 10.1 Å². The number of nitrogens with one attached hydrogen (secondary N) is 2. The molecule has 0 radical (unpaired) electrons. The standard InChI is InChI=1S/C42H39FN8O4/c1-24-16-33-27(20-44)6-7-28(41(33)55-24)23-54-39-5-3-4-35(47-39)26-10-13-50(14-11-26)22-38-46-36-19-30(8-9-37(36)51(38)21-31-12-15-53-31)45-42(52)29-17-32-25(2)48-49-40(32)34(43)18-29/h3-9,16-19,26,31H,10-15,21-23H2,1-2H3,(H,45,52)(H,48,49)/t31-/m0/s1. The lowest BCUT2D eigenvalue weighted by Crippen LogP contribution is -2.35. The van der Waals surface area contributed by atoms with E-state index in [9.17, 15) is 14.4 Å². The molecule has 12 nitrogen and oxygen atoms in total. The van der Waals surface area contributed by atoms with Gasteiger partial charge in [-0.25, -0.2) is 14.4 Å². The zero-order chi connectivity index (χ0) is 37.6. The number of anilines is 1. The van der Waals surface area contributed by atoms with Gasteiger partial charge in [-0.2, -0.15) is 10.4 Å². The van der Waals surface area contributed by atoms with Gasteiger partial charge >= 0.3 is 0 Å². The predicted molar refractivity (Wildman–Crippen MR) is 204 cm³/mol. The van der Waals surface area contributed by atoms with Gasteiger partial charge < -0.3 is 23.8 Å². The summed E-state index contributed by atoms with van der Waals surface area (Å²) in [5.41, 5.74) is 6.61. The Kier molecular flexibility index (Phi) is 9.00. The van der Waals surface area contributed by atoms with Crippen molar-refractivity contribution in [1.82, 2.24) is 29.6 Å². The lowest BCUT2D eigenvalue weighted by atomic mass is 9.93. The maximum Gasteiger partial charge on any atom is 0.255 e. The van der Waals surface area contributed by atoms with Gasteiger partial charge in [-0.05, 0) is 94.7 Å². The number of imidazole rings is 1. The molecule has 0 bridgehead atoms. The van der Waals surface area contributed by atoms with E-state index in [2.05, 4.69) is 37.1 Å². The molecule has 2 aliphatic heterocycles. The zero-order valence-electron chi connectivity index (χ0n) is 30.6. The number of carbonyl (C=O) groups excluding carboxylic acids is 1. The minimum atomic E-state index is -0.547. The number of nitriles is 1. The monoisotopic (exact) mass is 738 g/mol. The molecule has 13 heteroatoms. The summed E-state index contributed by atoms with van der Waals surface area (Å²) in [4.78, 5) is 25.6. The van der Waals surface area contributed by atoms with Crippen LogP contribution in [-0.2, 0) is 24.4 Å². The van der Waals surface area contributed by atoms with E-state index in [1.165, 1.54) is 6.07 Å². The Morgan fingerprint density at radius 3 is 2.71 bits per heavy atom. The number of ether oxygens (including phenoxy) is 2. The zero-order valence-corrected chi connectivity index (χ0v) is 30.6. The van der Waals surface area contributed by atoms with Crippen LogP contribution in [0.4, 0.5) is 10.1 Å². The second kappa shape index (κ2) is 14.3. The molecule has 55 heavy (non-hydrogen) atoms. The highest BCUT2D eigenvalue weighted by atomic mass is 19.1. The summed E-state index contributed by atoms with van der Waals surface area (Å²) in [5.74, 6) is 1.61. The highest BCUT2D eigenvalue weighted by Crippen LogP contribution is 2.32. The van der Waals surface area contributed by atoms with Gasteiger partial charge in [0.2, 0.25) is 5.88 Å². The van der Waals surface area contributed by atoms with Gasteiger partial charge in [0.25, 0.3) is 5.91 Å². The molecule has 6 heterocycles. The average Bonchev–Trinajstić information content (AvgIpc) is 3.86. The molecule has 2 N–H and O–H groups in total. The number of hydrogen-bond donors (Lipinski definition) is 2. The second-order valence-corrected chi connectivity index (χ2v) is 14.5. The first-order chi connectivity index (χ1) is 26.8. The van der Waals surface area contributed by atoms with E-state index >= 15 is 0 Å². The van der Waals surface area contributed by atoms with Crippen LogP contribution in [0.3, 0.4) is 0 Å². The molecule has 9 rings (SSSR count). The van der Waals surface area contributed by atoms with Crippen molar-refractivity contribution in [1.29, 1.82) is 5.26 Å². The summed E-state index contributed by atoms with van der Waals surface area (Å²) in [6.07, 6.45) is 3.05. The van der Waals surface area contributed by atoms with Crippen molar-refractivity contribution in [2.45, 2.75) is 64.8 Å². The second-order valence-electron chi connectivity index (χ2n) is 14.5. The number of halogens is 1. The Balaban J connectivity index is 0.870. The number of aromatic amines is 1. The summed E-state index contributed by atoms with van der Waals surface area (Å²) < 4.78 is 34.8. The number of likely N-dealkylation sites (tertiary alicyclic amines) is 1. The fraction of sp³-hybridized carbons (Fsp3) is 0.310. The third kappa shape index (κ3) is 6.79. The Labute approximate surface area is 315 Å². The van der Waals surface area contributed by atoms with Crippen molar-refractivity contribution in [3.05, 3.63) is 112 Å². The van der Waals surface area contributed by atoms with Crippen LogP contribution in [0.5, 0.6) is 5.88 Å². The first-order valence-electron chi connectivity index (χ1n) is 18.6. The molecule has 0 unspecified atom stereocenters. The number of piperidine rings is 1. The van der Waals surface area contributed by atoms with Gasteiger partial charge in [-0.15, -0.1) is 0 Å². The molecule has 4 aromatic heterocycles. The minimum Gasteiger partial charge on any atom is -0.473 e. The van der Waals surface area contributed by atoms with Gasteiger partial charge in [0, 0.05) is 57.6 Å². The third-order valence-electron chi connectivity index (χ3n) is 10.8. The van der Waals surface area contributed by atoms with Gasteiger partial charge in [-0.1, -0.05) is 12.1 Å². The van der Waals surface area contributed by atoms with Crippen molar-refractivity contribution in [2.75, 3.05) is 25.0 Å². The third-order valence-corrected chi connectivity index (χ3v) is 10.8. The molecule has 1 amide bonds. The van der Waals surface area contributed by atoms with Gasteiger partial charge in [0.1, 0.15) is 29.3 Å². The molecule has 2 aliphatic rings.